The van der Waals surface area contributed by atoms with E-state index in [0.717, 1.165) is 10.6 Å². The Bertz CT molecular complexity index is 531. The van der Waals surface area contributed by atoms with Gasteiger partial charge in [0.1, 0.15) is 0 Å². The zero-order valence-corrected chi connectivity index (χ0v) is 14.8. The lowest BCUT2D eigenvalue weighted by molar-refractivity contribution is 0.250. The van der Waals surface area contributed by atoms with Crippen molar-refractivity contribution in [3.63, 3.8) is 0 Å². The van der Waals surface area contributed by atoms with Crippen LogP contribution in [-0.4, -0.2) is 33.5 Å². The normalized spacial score (nSPS) is 17.9. The number of carbonyl (C=O) groups is 1. The van der Waals surface area contributed by atoms with Gasteiger partial charge in [-0.05, 0) is 31.9 Å². The first kappa shape index (κ1) is 17.3. The van der Waals surface area contributed by atoms with E-state index in [9.17, 15) is 9.00 Å². The van der Waals surface area contributed by atoms with E-state index < -0.39 is 10.8 Å². The standard InChI is InChI=1S/C16H24N2O2S2/c1-12(11-22(2)20)17-16(19)18-14-9-5-6-10-15(14)21-13-7-3-4-8-13/h5-6,9-10,12-13H,3-4,7-8,11H2,1-2H3,(H2,17,18,19)/t12-,22-/m0/s1. The van der Waals surface area contributed by atoms with Crippen molar-refractivity contribution < 1.29 is 9.00 Å². The second kappa shape index (κ2) is 8.58. The summed E-state index contributed by atoms with van der Waals surface area (Å²) in [5, 5.41) is 6.41. The van der Waals surface area contributed by atoms with Crippen molar-refractivity contribution in [3.05, 3.63) is 24.3 Å². The molecule has 1 aromatic rings. The van der Waals surface area contributed by atoms with Gasteiger partial charge in [-0.3, -0.25) is 4.21 Å². The molecule has 0 saturated heterocycles. The van der Waals surface area contributed by atoms with E-state index in [1.807, 2.05) is 36.9 Å². The Morgan fingerprint density at radius 1 is 1.36 bits per heavy atom. The number of hydrogen-bond acceptors (Lipinski definition) is 3. The molecule has 2 rings (SSSR count). The number of carbonyl (C=O) groups excluding carboxylic acids is 1. The molecular weight excluding hydrogens is 316 g/mol. The summed E-state index contributed by atoms with van der Waals surface area (Å²) in [6, 6.07) is 7.57. The number of amides is 2. The minimum absolute atomic E-state index is 0.111. The van der Waals surface area contributed by atoms with E-state index in [0.29, 0.717) is 11.0 Å². The third-order valence-electron chi connectivity index (χ3n) is 3.59. The molecule has 0 aromatic heterocycles. The van der Waals surface area contributed by atoms with Gasteiger partial charge < -0.3 is 10.6 Å². The lowest BCUT2D eigenvalue weighted by Gasteiger charge is -2.16. The smallest absolute Gasteiger partial charge is 0.319 e. The molecule has 1 aliphatic rings. The van der Waals surface area contributed by atoms with E-state index in [4.69, 9.17) is 0 Å². The molecule has 122 valence electrons. The average Bonchev–Trinajstić information content (AvgIpc) is 2.92. The van der Waals surface area contributed by atoms with Gasteiger partial charge in [0.25, 0.3) is 0 Å². The highest BCUT2D eigenvalue weighted by atomic mass is 32.2. The molecule has 1 saturated carbocycles. The minimum atomic E-state index is -0.913. The third-order valence-corrected chi connectivity index (χ3v) is 5.98. The van der Waals surface area contributed by atoms with E-state index in [1.165, 1.54) is 25.7 Å². The van der Waals surface area contributed by atoms with Crippen LogP contribution in [0.15, 0.2) is 29.2 Å². The molecular formula is C16H24N2O2S2. The summed E-state index contributed by atoms with van der Waals surface area (Å²) >= 11 is 1.86. The Hall–Kier alpha value is -1.01. The van der Waals surface area contributed by atoms with Gasteiger partial charge in [-0.1, -0.05) is 25.0 Å². The first-order valence-corrected chi connectivity index (χ1v) is 10.3. The Balaban J connectivity index is 1.93. The highest BCUT2D eigenvalue weighted by Gasteiger charge is 2.18. The van der Waals surface area contributed by atoms with Crippen molar-refractivity contribution in [2.24, 2.45) is 0 Å². The first-order chi connectivity index (χ1) is 10.5. The average molecular weight is 341 g/mol. The molecule has 0 bridgehead atoms. The fraction of sp³-hybridized carbons (Fsp3) is 0.562. The zero-order valence-electron chi connectivity index (χ0n) is 13.1. The molecule has 0 aliphatic heterocycles. The molecule has 22 heavy (non-hydrogen) atoms. The summed E-state index contributed by atoms with van der Waals surface area (Å²) in [5.74, 6) is 0.464. The second-order valence-electron chi connectivity index (χ2n) is 5.76. The molecule has 2 atom stereocenters. The zero-order chi connectivity index (χ0) is 15.9. The summed E-state index contributed by atoms with van der Waals surface area (Å²) < 4.78 is 11.2. The van der Waals surface area contributed by atoms with Crippen LogP contribution in [0.1, 0.15) is 32.6 Å². The molecule has 1 aromatic carbocycles. The number of thioether (sulfide) groups is 1. The number of urea groups is 1. The Kier molecular flexibility index (Phi) is 6.76. The van der Waals surface area contributed by atoms with Crippen LogP contribution in [0, 0.1) is 0 Å². The van der Waals surface area contributed by atoms with Crippen LogP contribution in [-0.2, 0) is 10.8 Å². The number of benzene rings is 1. The molecule has 0 spiro atoms. The quantitative estimate of drug-likeness (QED) is 0.832. The number of para-hydroxylation sites is 1. The molecule has 1 aliphatic carbocycles. The van der Waals surface area contributed by atoms with Crippen molar-refractivity contribution in [3.8, 4) is 0 Å². The van der Waals surface area contributed by atoms with Crippen molar-refractivity contribution in [2.45, 2.75) is 48.8 Å². The van der Waals surface area contributed by atoms with Crippen LogP contribution >= 0.6 is 11.8 Å². The van der Waals surface area contributed by atoms with Crippen molar-refractivity contribution in [2.75, 3.05) is 17.3 Å². The van der Waals surface area contributed by atoms with Crippen molar-refractivity contribution in [1.29, 1.82) is 0 Å². The van der Waals surface area contributed by atoms with Gasteiger partial charge in [0.15, 0.2) is 0 Å². The summed E-state index contributed by atoms with van der Waals surface area (Å²) in [6.07, 6.45) is 6.76. The monoisotopic (exact) mass is 340 g/mol. The number of nitrogens with one attached hydrogen (secondary N) is 2. The molecule has 0 heterocycles. The van der Waals surface area contributed by atoms with Gasteiger partial charge in [-0.15, -0.1) is 11.8 Å². The Morgan fingerprint density at radius 3 is 2.73 bits per heavy atom. The Labute approximate surface area is 139 Å². The van der Waals surface area contributed by atoms with E-state index >= 15 is 0 Å². The van der Waals surface area contributed by atoms with Gasteiger partial charge in [-0.25, -0.2) is 4.79 Å². The van der Waals surface area contributed by atoms with Gasteiger partial charge in [0.2, 0.25) is 0 Å². The highest BCUT2D eigenvalue weighted by molar-refractivity contribution is 8.00. The molecule has 2 amide bonds. The summed E-state index contributed by atoms with van der Waals surface area (Å²) in [6.45, 7) is 1.86. The Morgan fingerprint density at radius 2 is 2.05 bits per heavy atom. The lowest BCUT2D eigenvalue weighted by Crippen LogP contribution is -2.39. The molecule has 0 radical (unpaired) electrons. The topological polar surface area (TPSA) is 58.2 Å². The summed E-state index contributed by atoms with van der Waals surface area (Å²) in [4.78, 5) is 13.2. The van der Waals surface area contributed by atoms with Crippen LogP contribution in [0.5, 0.6) is 0 Å². The SMILES string of the molecule is C[C@@H](C[S@](C)=O)NC(=O)Nc1ccccc1SC1CCCC1. The van der Waals surface area contributed by atoms with Crippen LogP contribution < -0.4 is 10.6 Å². The maximum Gasteiger partial charge on any atom is 0.319 e. The van der Waals surface area contributed by atoms with Crippen molar-refractivity contribution >= 4 is 34.3 Å². The third kappa shape index (κ3) is 5.65. The number of anilines is 1. The number of rotatable bonds is 6. The largest absolute Gasteiger partial charge is 0.334 e. The molecule has 4 nitrogen and oxygen atoms in total. The molecule has 2 N–H and O–H groups in total. The highest BCUT2D eigenvalue weighted by Crippen LogP contribution is 2.37. The van der Waals surface area contributed by atoms with Gasteiger partial charge in [-0.2, -0.15) is 0 Å². The van der Waals surface area contributed by atoms with Crippen LogP contribution in [0.3, 0.4) is 0 Å². The maximum atomic E-state index is 12.1. The summed E-state index contributed by atoms with van der Waals surface area (Å²) in [7, 11) is -0.913. The van der Waals surface area contributed by atoms with E-state index in [1.54, 1.807) is 6.26 Å². The molecule has 0 unspecified atom stereocenters. The van der Waals surface area contributed by atoms with Gasteiger partial charge >= 0.3 is 6.03 Å². The predicted octanol–water partition coefficient (Wildman–Crippen LogP) is 3.61. The minimum Gasteiger partial charge on any atom is -0.334 e. The molecule has 1 fully saturated rings. The fourth-order valence-corrected chi connectivity index (χ4v) is 4.75. The molecule has 6 heteroatoms. The number of hydrogen-bond donors (Lipinski definition) is 2. The van der Waals surface area contributed by atoms with Crippen molar-refractivity contribution in [1.82, 2.24) is 5.32 Å². The van der Waals surface area contributed by atoms with E-state index in [2.05, 4.69) is 16.7 Å². The first-order valence-electron chi connectivity index (χ1n) is 7.68. The van der Waals surface area contributed by atoms with E-state index in [-0.39, 0.29) is 12.1 Å². The van der Waals surface area contributed by atoms with Gasteiger partial charge in [0.05, 0.1) is 5.69 Å². The summed E-state index contributed by atoms with van der Waals surface area (Å²) in [5.41, 5.74) is 0.849. The maximum absolute atomic E-state index is 12.1. The van der Waals surface area contributed by atoms with Crippen LogP contribution in [0.25, 0.3) is 0 Å². The lowest BCUT2D eigenvalue weighted by atomic mass is 10.3. The van der Waals surface area contributed by atoms with Crippen LogP contribution in [0.2, 0.25) is 0 Å². The predicted molar refractivity (Wildman–Crippen MR) is 95.1 cm³/mol. The fourth-order valence-electron chi connectivity index (χ4n) is 2.63. The van der Waals surface area contributed by atoms with Gasteiger partial charge in [0, 0.05) is 39.0 Å². The van der Waals surface area contributed by atoms with Crippen LogP contribution in [0.4, 0.5) is 10.5 Å². The second-order valence-corrected chi connectivity index (χ2v) is 8.58.